The Labute approximate surface area is 170 Å². The number of aliphatic hydroxyl groups is 1. The smallest absolute Gasteiger partial charge is 0.338 e. The molecule has 1 fully saturated rings. The molecule has 0 radical (unpaired) electrons. The fourth-order valence-electron chi connectivity index (χ4n) is 5.99. The Bertz CT molecular complexity index is 735. The molecule has 0 bridgehead atoms. The normalized spacial score (nSPS) is 30.5. The molecule has 0 aromatic carbocycles. The number of allylic oxidation sites excluding steroid dienone is 4. The van der Waals surface area contributed by atoms with Gasteiger partial charge in [0.2, 0.25) is 0 Å². The first-order chi connectivity index (χ1) is 13.3. The quantitative estimate of drug-likeness (QED) is 0.365. The molecule has 0 amide bonds. The number of rotatable bonds is 6. The molecule has 3 nitrogen and oxygen atoms in total. The van der Waals surface area contributed by atoms with Crippen molar-refractivity contribution in [2.45, 2.75) is 72.6 Å². The van der Waals surface area contributed by atoms with Crippen LogP contribution >= 0.6 is 0 Å². The molecule has 3 heteroatoms. The number of cyclic esters (lactones) is 1. The maximum Gasteiger partial charge on any atom is 0.338 e. The van der Waals surface area contributed by atoms with Gasteiger partial charge in [-0.05, 0) is 79.9 Å². The molecule has 3 aliphatic rings. The van der Waals surface area contributed by atoms with E-state index >= 15 is 0 Å². The Balaban J connectivity index is 1.71. The highest BCUT2D eigenvalue weighted by Gasteiger charge is 2.49. The van der Waals surface area contributed by atoms with Gasteiger partial charge in [0.1, 0.15) is 6.61 Å². The number of carbonyl (C=O) groups is 1. The molecular weight excluding hydrogens is 348 g/mol. The van der Waals surface area contributed by atoms with Crippen LogP contribution in [0.1, 0.15) is 72.6 Å². The summed E-state index contributed by atoms with van der Waals surface area (Å²) in [6.07, 6.45) is 15.8. The van der Waals surface area contributed by atoms with Crippen LogP contribution in [0.2, 0.25) is 0 Å². The molecule has 1 saturated carbocycles. The highest BCUT2D eigenvalue weighted by Crippen LogP contribution is 2.60. The zero-order valence-electron chi connectivity index (χ0n) is 18.0. The number of esters is 1. The summed E-state index contributed by atoms with van der Waals surface area (Å²) in [6, 6.07) is 0. The predicted molar refractivity (Wildman–Crippen MR) is 114 cm³/mol. The van der Waals surface area contributed by atoms with Crippen molar-refractivity contribution in [1.29, 1.82) is 0 Å². The fourth-order valence-corrected chi connectivity index (χ4v) is 5.99. The average Bonchev–Trinajstić information content (AvgIpc) is 3.03. The van der Waals surface area contributed by atoms with Crippen molar-refractivity contribution in [2.75, 3.05) is 13.2 Å². The Kier molecular flexibility index (Phi) is 6.34. The fraction of sp³-hybridized carbons (Fsp3) is 0.640. The number of carbonyl (C=O) groups excluding carboxylic acids is 1. The zero-order valence-corrected chi connectivity index (χ0v) is 18.0. The van der Waals surface area contributed by atoms with E-state index in [1.807, 2.05) is 12.2 Å². The van der Waals surface area contributed by atoms with Crippen molar-refractivity contribution < 1.29 is 14.6 Å². The molecule has 28 heavy (non-hydrogen) atoms. The van der Waals surface area contributed by atoms with Crippen LogP contribution in [0, 0.1) is 16.7 Å². The van der Waals surface area contributed by atoms with E-state index in [9.17, 15) is 9.90 Å². The molecule has 1 aliphatic heterocycles. The summed E-state index contributed by atoms with van der Waals surface area (Å²) < 4.78 is 4.91. The summed E-state index contributed by atoms with van der Waals surface area (Å²) in [4.78, 5) is 11.5. The molecule has 154 valence electrons. The Morgan fingerprint density at radius 2 is 2.11 bits per heavy atom. The van der Waals surface area contributed by atoms with E-state index in [1.54, 1.807) is 23.3 Å². The topological polar surface area (TPSA) is 46.5 Å². The molecule has 2 atom stereocenters. The van der Waals surface area contributed by atoms with Gasteiger partial charge in [0.05, 0.1) is 12.2 Å². The maximum atomic E-state index is 11.5. The molecule has 3 rings (SSSR count). The van der Waals surface area contributed by atoms with E-state index in [0.717, 1.165) is 24.3 Å². The lowest BCUT2D eigenvalue weighted by Crippen LogP contribution is -2.45. The lowest BCUT2D eigenvalue weighted by Gasteiger charge is -2.55. The van der Waals surface area contributed by atoms with E-state index in [4.69, 9.17) is 4.74 Å². The molecule has 1 N–H and O–H groups in total. The summed E-state index contributed by atoms with van der Waals surface area (Å²) in [5, 5.41) is 9.82. The van der Waals surface area contributed by atoms with Gasteiger partial charge in [-0.25, -0.2) is 4.79 Å². The minimum Gasteiger partial charge on any atom is -0.458 e. The molecule has 0 spiro atoms. The second-order valence-corrected chi connectivity index (χ2v) is 9.71. The van der Waals surface area contributed by atoms with Crippen molar-refractivity contribution in [3.63, 3.8) is 0 Å². The number of aliphatic hydroxyl groups excluding tert-OH is 1. The Morgan fingerprint density at radius 1 is 1.32 bits per heavy atom. The summed E-state index contributed by atoms with van der Waals surface area (Å²) in [5.41, 5.74) is 5.55. The SMILES string of the molecule is CC1=C(CC/C(=C\C=C/C2=CCOC2=O)CO)[C@@]2(C)CCCC(C)(C)[C@H]2CC1. The first-order valence-electron chi connectivity index (χ1n) is 10.8. The third kappa shape index (κ3) is 4.20. The zero-order chi connectivity index (χ0) is 20.4. The summed E-state index contributed by atoms with van der Waals surface area (Å²) in [5.74, 6) is 0.492. The molecular formula is C25H36O3. The van der Waals surface area contributed by atoms with Crippen molar-refractivity contribution in [3.8, 4) is 0 Å². The van der Waals surface area contributed by atoms with E-state index in [-0.39, 0.29) is 12.6 Å². The van der Waals surface area contributed by atoms with Crippen LogP contribution in [-0.4, -0.2) is 24.3 Å². The van der Waals surface area contributed by atoms with Gasteiger partial charge >= 0.3 is 5.97 Å². The van der Waals surface area contributed by atoms with E-state index in [2.05, 4.69) is 27.7 Å². The third-order valence-electron chi connectivity index (χ3n) is 7.50. The predicted octanol–water partition coefficient (Wildman–Crippen LogP) is 5.67. The Hall–Kier alpha value is -1.61. The van der Waals surface area contributed by atoms with Gasteiger partial charge in [0.25, 0.3) is 0 Å². The van der Waals surface area contributed by atoms with Crippen LogP contribution in [0.3, 0.4) is 0 Å². The Morgan fingerprint density at radius 3 is 2.79 bits per heavy atom. The van der Waals surface area contributed by atoms with Crippen LogP contribution in [0.4, 0.5) is 0 Å². The van der Waals surface area contributed by atoms with Gasteiger partial charge in [-0.2, -0.15) is 0 Å². The lowest BCUT2D eigenvalue weighted by atomic mass is 9.50. The van der Waals surface area contributed by atoms with Crippen LogP contribution in [0.25, 0.3) is 0 Å². The van der Waals surface area contributed by atoms with Crippen LogP contribution in [0.15, 0.2) is 46.6 Å². The standard InChI is InChI=1S/C25H36O3/c1-18-9-12-22-24(2,3)14-6-15-25(22,4)21(18)11-10-19(17-26)7-5-8-20-13-16-28-23(20)27/h5,7-8,13,22,26H,6,9-12,14-17H2,1-4H3/b8-5-,19-7+/t22-,25-/m1/s1. The van der Waals surface area contributed by atoms with Gasteiger partial charge < -0.3 is 9.84 Å². The number of fused-ring (bicyclic) bond motifs is 1. The first kappa shape index (κ1) is 21.1. The summed E-state index contributed by atoms with van der Waals surface area (Å²) in [6.45, 7) is 10.2. The molecule has 0 aromatic rings. The van der Waals surface area contributed by atoms with Gasteiger partial charge in [-0.3, -0.25) is 0 Å². The molecule has 0 saturated heterocycles. The molecule has 2 aliphatic carbocycles. The minimum absolute atomic E-state index is 0.0613. The number of hydrogen-bond acceptors (Lipinski definition) is 3. The summed E-state index contributed by atoms with van der Waals surface area (Å²) in [7, 11) is 0. The highest BCUT2D eigenvalue weighted by atomic mass is 16.5. The molecule has 0 aromatic heterocycles. The lowest BCUT2D eigenvalue weighted by molar-refractivity contribution is -0.135. The monoisotopic (exact) mass is 384 g/mol. The minimum atomic E-state index is -0.267. The van der Waals surface area contributed by atoms with Crippen LogP contribution in [-0.2, 0) is 9.53 Å². The van der Waals surface area contributed by atoms with Crippen molar-refractivity contribution >= 4 is 5.97 Å². The second-order valence-electron chi connectivity index (χ2n) is 9.71. The average molecular weight is 385 g/mol. The molecule has 1 heterocycles. The van der Waals surface area contributed by atoms with Crippen LogP contribution < -0.4 is 0 Å². The van der Waals surface area contributed by atoms with Crippen LogP contribution in [0.5, 0.6) is 0 Å². The van der Waals surface area contributed by atoms with E-state index < -0.39 is 0 Å². The summed E-state index contributed by atoms with van der Waals surface area (Å²) >= 11 is 0. The van der Waals surface area contributed by atoms with E-state index in [0.29, 0.717) is 23.0 Å². The molecule has 0 unspecified atom stereocenters. The number of hydrogen-bond donors (Lipinski definition) is 1. The van der Waals surface area contributed by atoms with E-state index in [1.165, 1.54) is 32.1 Å². The van der Waals surface area contributed by atoms with Crippen molar-refractivity contribution in [1.82, 2.24) is 0 Å². The number of ether oxygens (including phenoxy) is 1. The third-order valence-corrected chi connectivity index (χ3v) is 7.50. The van der Waals surface area contributed by atoms with Gasteiger partial charge in [0, 0.05) is 0 Å². The largest absolute Gasteiger partial charge is 0.458 e. The van der Waals surface area contributed by atoms with Gasteiger partial charge in [-0.1, -0.05) is 50.5 Å². The highest BCUT2D eigenvalue weighted by molar-refractivity contribution is 5.93. The second kappa shape index (κ2) is 8.41. The maximum absolute atomic E-state index is 11.5. The first-order valence-corrected chi connectivity index (χ1v) is 10.8. The van der Waals surface area contributed by atoms with Gasteiger partial charge in [0.15, 0.2) is 0 Å². The van der Waals surface area contributed by atoms with Gasteiger partial charge in [-0.15, -0.1) is 0 Å². The van der Waals surface area contributed by atoms with Crippen molar-refractivity contribution in [2.24, 2.45) is 16.7 Å². The van der Waals surface area contributed by atoms with Crippen molar-refractivity contribution in [3.05, 3.63) is 46.6 Å².